The van der Waals surface area contributed by atoms with Gasteiger partial charge in [-0.2, -0.15) is 0 Å². The minimum atomic E-state index is -0.396. The zero-order valence-corrected chi connectivity index (χ0v) is 13.3. The van der Waals surface area contributed by atoms with Crippen molar-refractivity contribution in [1.29, 1.82) is 0 Å². The van der Waals surface area contributed by atoms with Crippen LogP contribution in [0.5, 0.6) is 0 Å². The molecule has 0 spiro atoms. The second-order valence-corrected chi connectivity index (χ2v) is 6.99. The van der Waals surface area contributed by atoms with Gasteiger partial charge >= 0.3 is 0 Å². The molecule has 0 radical (unpaired) electrons. The Labute approximate surface area is 127 Å². The molecular formula is C18H25NO2. The summed E-state index contributed by atoms with van der Waals surface area (Å²) in [6.45, 7) is 7.82. The quantitative estimate of drug-likeness (QED) is 0.903. The molecule has 1 aliphatic rings. The molecule has 1 amide bonds. The molecule has 1 aromatic carbocycles. The fraction of sp³-hybridized carbons (Fsp3) is 0.556. The van der Waals surface area contributed by atoms with E-state index in [-0.39, 0.29) is 23.0 Å². The normalized spacial score (nSPS) is 22.5. The van der Waals surface area contributed by atoms with Crippen LogP contribution in [0.2, 0.25) is 0 Å². The minimum Gasteiger partial charge on any atom is -0.346 e. The van der Waals surface area contributed by atoms with Crippen molar-refractivity contribution in [1.82, 2.24) is 5.32 Å². The van der Waals surface area contributed by atoms with Crippen molar-refractivity contribution < 1.29 is 9.59 Å². The number of ketones is 1. The van der Waals surface area contributed by atoms with Gasteiger partial charge in [-0.05, 0) is 23.3 Å². The predicted molar refractivity (Wildman–Crippen MR) is 84.0 cm³/mol. The van der Waals surface area contributed by atoms with Gasteiger partial charge in [0.25, 0.3) is 0 Å². The molecule has 1 aliphatic carbocycles. The fourth-order valence-corrected chi connectivity index (χ4v) is 2.79. The fourth-order valence-electron chi connectivity index (χ4n) is 2.79. The molecule has 1 saturated carbocycles. The van der Waals surface area contributed by atoms with E-state index in [4.69, 9.17) is 0 Å². The number of nitrogens with one attached hydrogen (secondary N) is 1. The summed E-state index contributed by atoms with van der Waals surface area (Å²) in [5.74, 6) is 0.448. The van der Waals surface area contributed by atoms with Crippen molar-refractivity contribution in [3.63, 3.8) is 0 Å². The average Bonchev–Trinajstić information content (AvgIpc) is 3.24. The van der Waals surface area contributed by atoms with E-state index in [1.54, 1.807) is 0 Å². The Balaban J connectivity index is 2.00. The Bertz CT molecular complexity index is 516. The molecule has 1 unspecified atom stereocenters. The summed E-state index contributed by atoms with van der Waals surface area (Å²) in [5, 5.41) is 2.98. The van der Waals surface area contributed by atoms with Crippen LogP contribution in [0.3, 0.4) is 0 Å². The number of hydrogen-bond donors (Lipinski definition) is 1. The molecule has 3 nitrogen and oxygen atoms in total. The molecule has 3 heteroatoms. The van der Waals surface area contributed by atoms with E-state index in [1.165, 1.54) is 5.56 Å². The van der Waals surface area contributed by atoms with Crippen LogP contribution in [0, 0.1) is 11.3 Å². The van der Waals surface area contributed by atoms with Gasteiger partial charge < -0.3 is 5.32 Å². The smallest absolute Gasteiger partial charge is 0.224 e. The van der Waals surface area contributed by atoms with Gasteiger partial charge in [0.2, 0.25) is 5.91 Å². The van der Waals surface area contributed by atoms with E-state index in [0.717, 1.165) is 6.42 Å². The molecule has 3 atom stereocenters. The summed E-state index contributed by atoms with van der Waals surface area (Å²) in [7, 11) is 0. The summed E-state index contributed by atoms with van der Waals surface area (Å²) in [4.78, 5) is 24.5. The molecule has 0 bridgehead atoms. The number of rotatable bonds is 5. The van der Waals surface area contributed by atoms with Crippen LogP contribution in [-0.2, 0) is 9.59 Å². The molecule has 0 aromatic heterocycles. The lowest BCUT2D eigenvalue weighted by atomic mass is 9.83. The van der Waals surface area contributed by atoms with E-state index in [0.29, 0.717) is 12.3 Å². The van der Waals surface area contributed by atoms with Crippen LogP contribution < -0.4 is 5.32 Å². The van der Waals surface area contributed by atoms with Crippen molar-refractivity contribution in [2.24, 2.45) is 11.3 Å². The highest BCUT2D eigenvalue weighted by Gasteiger charge is 2.45. The van der Waals surface area contributed by atoms with Gasteiger partial charge in [-0.25, -0.2) is 0 Å². The summed E-state index contributed by atoms with van der Waals surface area (Å²) in [6, 6.07) is 9.72. The molecule has 0 saturated heterocycles. The zero-order valence-electron chi connectivity index (χ0n) is 13.3. The van der Waals surface area contributed by atoms with Crippen LogP contribution in [-0.4, -0.2) is 17.7 Å². The van der Waals surface area contributed by atoms with Crippen molar-refractivity contribution in [3.05, 3.63) is 35.9 Å². The van der Waals surface area contributed by atoms with Crippen molar-refractivity contribution in [3.8, 4) is 0 Å². The van der Waals surface area contributed by atoms with Gasteiger partial charge in [-0.3, -0.25) is 9.59 Å². The first kappa shape index (κ1) is 15.7. The zero-order chi connectivity index (χ0) is 15.6. The molecule has 21 heavy (non-hydrogen) atoms. The number of Topliss-reactive ketones (excluding diaryl/α,β-unsaturated/α-hetero) is 1. The van der Waals surface area contributed by atoms with E-state index in [1.807, 2.05) is 45.9 Å². The lowest BCUT2D eigenvalue weighted by Gasteiger charge is -2.30. The summed E-state index contributed by atoms with van der Waals surface area (Å²) < 4.78 is 0. The highest BCUT2D eigenvalue weighted by atomic mass is 16.2. The maximum atomic E-state index is 12.4. The largest absolute Gasteiger partial charge is 0.346 e. The number of hydrogen-bond acceptors (Lipinski definition) is 2. The Hall–Kier alpha value is -1.64. The number of benzene rings is 1. The topological polar surface area (TPSA) is 46.2 Å². The number of carbonyl (C=O) groups excluding carboxylic acids is 2. The van der Waals surface area contributed by atoms with Gasteiger partial charge in [0.15, 0.2) is 5.78 Å². The van der Waals surface area contributed by atoms with Crippen LogP contribution in [0.4, 0.5) is 0 Å². The first-order valence-corrected chi connectivity index (χ1v) is 7.72. The van der Waals surface area contributed by atoms with Gasteiger partial charge in [0.1, 0.15) is 0 Å². The van der Waals surface area contributed by atoms with E-state index >= 15 is 0 Å². The highest BCUT2D eigenvalue weighted by Crippen LogP contribution is 2.47. The predicted octanol–water partition coefficient (Wildman–Crippen LogP) is 3.30. The van der Waals surface area contributed by atoms with E-state index in [2.05, 4.69) is 17.4 Å². The van der Waals surface area contributed by atoms with Gasteiger partial charge in [0, 0.05) is 12.3 Å². The molecule has 1 fully saturated rings. The SMILES string of the molecule is CCC(=O)[C@@H](NC(=O)[C@@H]1CC1c1ccccc1)C(C)(C)C. The van der Waals surface area contributed by atoms with Crippen LogP contribution in [0.15, 0.2) is 30.3 Å². The maximum absolute atomic E-state index is 12.4. The third kappa shape index (κ3) is 3.72. The molecule has 1 aromatic rings. The lowest BCUT2D eigenvalue weighted by Crippen LogP contribution is -2.49. The third-order valence-corrected chi connectivity index (χ3v) is 4.18. The van der Waals surface area contributed by atoms with Crippen molar-refractivity contribution >= 4 is 11.7 Å². The molecule has 0 aliphatic heterocycles. The highest BCUT2D eigenvalue weighted by molar-refractivity contribution is 5.91. The Morgan fingerprint density at radius 1 is 1.24 bits per heavy atom. The van der Waals surface area contributed by atoms with E-state index in [9.17, 15) is 9.59 Å². The van der Waals surface area contributed by atoms with Gasteiger partial charge in [-0.15, -0.1) is 0 Å². The van der Waals surface area contributed by atoms with Crippen molar-refractivity contribution in [2.75, 3.05) is 0 Å². The van der Waals surface area contributed by atoms with Crippen LogP contribution in [0.25, 0.3) is 0 Å². The second kappa shape index (κ2) is 6.00. The first-order chi connectivity index (χ1) is 9.84. The van der Waals surface area contributed by atoms with E-state index < -0.39 is 6.04 Å². The summed E-state index contributed by atoms with van der Waals surface area (Å²) in [6.07, 6.45) is 1.34. The Morgan fingerprint density at radius 2 is 1.86 bits per heavy atom. The molecule has 114 valence electrons. The van der Waals surface area contributed by atoms with Crippen molar-refractivity contribution in [2.45, 2.75) is 52.5 Å². The number of carbonyl (C=O) groups is 2. The summed E-state index contributed by atoms with van der Waals surface area (Å²) in [5.41, 5.74) is 0.964. The standard InChI is InChI=1S/C18H25NO2/c1-5-15(20)16(18(2,3)4)19-17(21)14-11-13(14)12-9-7-6-8-10-12/h6-10,13-14,16H,5,11H2,1-4H3,(H,19,21)/t13?,14-,16-/m1/s1. The molecule has 1 N–H and O–H groups in total. The second-order valence-electron chi connectivity index (χ2n) is 6.99. The van der Waals surface area contributed by atoms with Crippen LogP contribution >= 0.6 is 0 Å². The minimum absolute atomic E-state index is 0.0157. The van der Waals surface area contributed by atoms with Gasteiger partial charge in [-0.1, -0.05) is 58.0 Å². The maximum Gasteiger partial charge on any atom is 0.224 e. The molecular weight excluding hydrogens is 262 g/mol. The number of amides is 1. The first-order valence-electron chi connectivity index (χ1n) is 7.72. The summed E-state index contributed by atoms with van der Waals surface area (Å²) >= 11 is 0. The molecule has 2 rings (SSSR count). The van der Waals surface area contributed by atoms with Crippen LogP contribution in [0.1, 0.15) is 52.0 Å². The molecule has 0 heterocycles. The lowest BCUT2D eigenvalue weighted by molar-refractivity contribution is -0.130. The Kier molecular flexibility index (Phi) is 4.50. The average molecular weight is 287 g/mol. The third-order valence-electron chi connectivity index (χ3n) is 4.18. The Morgan fingerprint density at radius 3 is 2.38 bits per heavy atom. The monoisotopic (exact) mass is 287 g/mol. The van der Waals surface area contributed by atoms with Gasteiger partial charge in [0.05, 0.1) is 6.04 Å².